The summed E-state index contributed by atoms with van der Waals surface area (Å²) >= 11 is 6.30. The van der Waals surface area contributed by atoms with Gasteiger partial charge in [-0.25, -0.2) is 4.98 Å². The van der Waals surface area contributed by atoms with Crippen LogP contribution in [0, 0.1) is 5.95 Å². The van der Waals surface area contributed by atoms with Crippen molar-refractivity contribution in [1.82, 2.24) is 15.4 Å². The van der Waals surface area contributed by atoms with Crippen LogP contribution in [0.4, 0.5) is 4.39 Å². The maximum absolute atomic E-state index is 13.5. The average Bonchev–Trinajstić information content (AvgIpc) is 2.63. The zero-order valence-electron chi connectivity index (χ0n) is 15.4. The van der Waals surface area contributed by atoms with Crippen molar-refractivity contribution in [3.05, 3.63) is 77.3 Å². The summed E-state index contributed by atoms with van der Waals surface area (Å²) in [7, 11) is 0. The second-order valence-corrected chi connectivity index (χ2v) is 7.39. The van der Waals surface area contributed by atoms with Crippen molar-refractivity contribution in [3.8, 4) is 11.5 Å². The van der Waals surface area contributed by atoms with Crippen LogP contribution in [-0.2, 0) is 11.3 Å². The van der Waals surface area contributed by atoms with Gasteiger partial charge < -0.3 is 14.9 Å². The Kier molecular flexibility index (Phi) is 5.56. The van der Waals surface area contributed by atoms with Crippen molar-refractivity contribution in [3.63, 3.8) is 0 Å². The van der Waals surface area contributed by atoms with E-state index >= 15 is 0 Å². The standard InChI is InChI=1S/C20H21ClFN3O2/c1-20(2,3)25-12-16(21)18(11-24-25)26-13-14-6-8-15(9-7-14)27-17-5-4-10-23-19(17)22/h4-12,24H,13H2,1-3H3. The van der Waals surface area contributed by atoms with Crippen LogP contribution in [0.3, 0.4) is 0 Å². The largest absolute Gasteiger partial charge is 0.486 e. The highest BCUT2D eigenvalue weighted by Crippen LogP contribution is 2.26. The number of aromatic nitrogens is 1. The highest BCUT2D eigenvalue weighted by molar-refractivity contribution is 6.31. The van der Waals surface area contributed by atoms with Gasteiger partial charge >= 0.3 is 0 Å². The Hall–Kier alpha value is -2.73. The molecule has 5 nitrogen and oxygen atoms in total. The Bertz CT molecular complexity index is 860. The molecule has 0 saturated heterocycles. The Balaban J connectivity index is 1.57. The number of hydrogen-bond donors (Lipinski definition) is 1. The summed E-state index contributed by atoms with van der Waals surface area (Å²) in [6, 6.07) is 10.3. The molecule has 0 aliphatic carbocycles. The summed E-state index contributed by atoms with van der Waals surface area (Å²) in [5.41, 5.74) is 3.96. The third-order valence-electron chi connectivity index (χ3n) is 3.81. The number of nitrogens with one attached hydrogen (secondary N) is 1. The van der Waals surface area contributed by atoms with Crippen molar-refractivity contribution in [2.45, 2.75) is 32.9 Å². The lowest BCUT2D eigenvalue weighted by atomic mass is 10.1. The van der Waals surface area contributed by atoms with E-state index < -0.39 is 5.95 Å². The normalized spacial score (nSPS) is 14.2. The molecule has 0 amide bonds. The third kappa shape index (κ3) is 4.92. The van der Waals surface area contributed by atoms with Gasteiger partial charge in [-0.1, -0.05) is 23.7 Å². The van der Waals surface area contributed by atoms with Crippen molar-refractivity contribution in [1.29, 1.82) is 0 Å². The number of halogens is 2. The van der Waals surface area contributed by atoms with Crippen LogP contribution in [0.15, 0.2) is 65.8 Å². The molecule has 1 aliphatic heterocycles. The van der Waals surface area contributed by atoms with Gasteiger partial charge in [0.1, 0.15) is 17.4 Å². The molecular weight excluding hydrogens is 369 g/mol. The van der Waals surface area contributed by atoms with Crippen LogP contribution in [0.25, 0.3) is 0 Å². The molecule has 27 heavy (non-hydrogen) atoms. The molecule has 0 unspecified atom stereocenters. The lowest BCUT2D eigenvalue weighted by Gasteiger charge is -2.36. The molecule has 0 spiro atoms. The topological polar surface area (TPSA) is 46.6 Å². The zero-order chi connectivity index (χ0) is 19.4. The summed E-state index contributed by atoms with van der Waals surface area (Å²) in [5.74, 6) is 0.519. The predicted molar refractivity (Wildman–Crippen MR) is 102 cm³/mol. The van der Waals surface area contributed by atoms with Crippen molar-refractivity contribution in [2.24, 2.45) is 0 Å². The van der Waals surface area contributed by atoms with Gasteiger partial charge in [0.15, 0.2) is 11.5 Å². The second kappa shape index (κ2) is 7.88. The lowest BCUT2D eigenvalue weighted by Crippen LogP contribution is -2.46. The summed E-state index contributed by atoms with van der Waals surface area (Å²) in [6.45, 7) is 6.55. The molecule has 0 bridgehead atoms. The predicted octanol–water partition coefficient (Wildman–Crippen LogP) is 5.07. The van der Waals surface area contributed by atoms with Gasteiger partial charge in [0, 0.05) is 12.4 Å². The summed E-state index contributed by atoms with van der Waals surface area (Å²) in [5, 5.41) is 2.43. The van der Waals surface area contributed by atoms with E-state index in [9.17, 15) is 4.39 Å². The first-order valence-electron chi connectivity index (χ1n) is 8.46. The van der Waals surface area contributed by atoms with Crippen LogP contribution < -0.4 is 10.2 Å². The number of benzene rings is 1. The molecule has 2 aromatic rings. The number of allylic oxidation sites excluding steroid dienone is 1. The van der Waals surface area contributed by atoms with Gasteiger partial charge in [-0.2, -0.15) is 4.39 Å². The molecule has 1 aromatic carbocycles. The number of hydrogen-bond acceptors (Lipinski definition) is 5. The molecule has 0 radical (unpaired) electrons. The number of nitrogens with zero attached hydrogens (tertiary/aromatic N) is 2. The third-order valence-corrected chi connectivity index (χ3v) is 4.09. The first-order chi connectivity index (χ1) is 12.8. The Morgan fingerprint density at radius 1 is 1.19 bits per heavy atom. The maximum atomic E-state index is 13.5. The first kappa shape index (κ1) is 19.0. The smallest absolute Gasteiger partial charge is 0.255 e. The van der Waals surface area contributed by atoms with Crippen molar-refractivity contribution < 1.29 is 13.9 Å². The first-order valence-corrected chi connectivity index (χ1v) is 8.84. The summed E-state index contributed by atoms with van der Waals surface area (Å²) in [4.78, 5) is 3.56. The van der Waals surface area contributed by atoms with E-state index in [2.05, 4.69) is 31.2 Å². The summed E-state index contributed by atoms with van der Waals surface area (Å²) in [6.07, 6.45) is 4.91. The van der Waals surface area contributed by atoms with Gasteiger partial charge in [0.25, 0.3) is 5.95 Å². The molecule has 0 saturated carbocycles. The van der Waals surface area contributed by atoms with E-state index in [4.69, 9.17) is 21.1 Å². The molecule has 7 heteroatoms. The molecule has 1 aliphatic rings. The molecule has 142 valence electrons. The van der Waals surface area contributed by atoms with Crippen LogP contribution in [0.1, 0.15) is 26.3 Å². The van der Waals surface area contributed by atoms with E-state index in [1.165, 1.54) is 12.3 Å². The average molecular weight is 390 g/mol. The fourth-order valence-corrected chi connectivity index (χ4v) is 2.51. The molecular formula is C20H21ClFN3O2. The second-order valence-electron chi connectivity index (χ2n) is 6.98. The van der Waals surface area contributed by atoms with E-state index in [1.54, 1.807) is 30.6 Å². The van der Waals surface area contributed by atoms with Gasteiger partial charge in [-0.15, -0.1) is 0 Å². The van der Waals surface area contributed by atoms with Crippen LogP contribution in [0.2, 0.25) is 0 Å². The SMILES string of the molecule is CC(C)(C)N1C=C(Cl)C(OCc2ccc(Oc3cccnc3F)cc2)=CN1. The van der Waals surface area contributed by atoms with Crippen molar-refractivity contribution in [2.75, 3.05) is 0 Å². The van der Waals surface area contributed by atoms with Crippen LogP contribution >= 0.6 is 11.6 Å². The maximum Gasteiger partial charge on any atom is 0.255 e. The fraction of sp³-hybridized carbons (Fsp3) is 0.250. The monoisotopic (exact) mass is 389 g/mol. The van der Waals surface area contributed by atoms with Crippen LogP contribution in [-0.4, -0.2) is 15.5 Å². The fourth-order valence-electron chi connectivity index (χ4n) is 2.30. The highest BCUT2D eigenvalue weighted by Gasteiger charge is 2.22. The van der Waals surface area contributed by atoms with Gasteiger partial charge in [-0.05, 0) is 50.6 Å². The number of rotatable bonds is 5. The molecule has 0 atom stereocenters. The number of pyridine rings is 1. The van der Waals surface area contributed by atoms with E-state index in [1.807, 2.05) is 17.1 Å². The van der Waals surface area contributed by atoms with Crippen molar-refractivity contribution >= 4 is 11.6 Å². The molecule has 2 heterocycles. The minimum absolute atomic E-state index is 0.0836. The lowest BCUT2D eigenvalue weighted by molar-refractivity contribution is 0.141. The Labute approximate surface area is 163 Å². The zero-order valence-corrected chi connectivity index (χ0v) is 16.1. The molecule has 0 fully saturated rings. The van der Waals surface area contributed by atoms with E-state index in [-0.39, 0.29) is 11.3 Å². The van der Waals surface area contributed by atoms with E-state index in [0.717, 1.165) is 5.56 Å². The van der Waals surface area contributed by atoms with Gasteiger partial charge in [0.2, 0.25) is 0 Å². The Morgan fingerprint density at radius 3 is 2.56 bits per heavy atom. The number of ether oxygens (including phenoxy) is 2. The minimum atomic E-state index is -0.646. The van der Waals surface area contributed by atoms with E-state index in [0.29, 0.717) is 23.1 Å². The molecule has 3 rings (SSSR count). The number of hydrazine groups is 1. The van der Waals surface area contributed by atoms with Gasteiger partial charge in [-0.3, -0.25) is 5.01 Å². The molecule has 1 N–H and O–H groups in total. The van der Waals surface area contributed by atoms with Gasteiger partial charge in [0.05, 0.1) is 11.7 Å². The van der Waals surface area contributed by atoms with Crippen LogP contribution in [0.5, 0.6) is 11.5 Å². The quantitative estimate of drug-likeness (QED) is 0.723. The summed E-state index contributed by atoms with van der Waals surface area (Å²) < 4.78 is 24.8. The highest BCUT2D eigenvalue weighted by atomic mass is 35.5. The Morgan fingerprint density at radius 2 is 1.93 bits per heavy atom. The minimum Gasteiger partial charge on any atom is -0.486 e. The molecule has 1 aromatic heterocycles.